The first-order chi connectivity index (χ1) is 13.5. The molecule has 1 heterocycles. The van der Waals surface area contributed by atoms with Gasteiger partial charge in [-0.15, -0.1) is 0 Å². The molecular weight excluding hydrogens is 499 g/mol. The number of alkyl halides is 6. The van der Waals surface area contributed by atoms with Crippen molar-refractivity contribution in [2.45, 2.75) is 45.2 Å². The van der Waals surface area contributed by atoms with E-state index in [9.17, 15) is 0 Å². The molecule has 11 heteroatoms. The summed E-state index contributed by atoms with van der Waals surface area (Å²) in [5.74, 6) is 0.627. The van der Waals surface area contributed by atoms with Crippen LogP contribution in [0.5, 0.6) is 0 Å². The average molecular weight is 518 g/mol. The lowest BCUT2D eigenvalue weighted by Gasteiger charge is -2.33. The van der Waals surface area contributed by atoms with Gasteiger partial charge in [0.1, 0.15) is 0 Å². The molecule has 0 radical (unpaired) electrons. The smallest absolute Gasteiger partial charge is 0.250 e. The molecule has 1 fully saturated rings. The van der Waals surface area contributed by atoms with Crippen LogP contribution in [-0.4, -0.2) is 27.0 Å². The van der Waals surface area contributed by atoms with Crippen molar-refractivity contribution in [1.82, 2.24) is 15.0 Å². The first-order valence-corrected chi connectivity index (χ1v) is 11.3. The first-order valence-electron chi connectivity index (χ1n) is 9.00. The molecule has 2 aromatic rings. The van der Waals surface area contributed by atoms with Gasteiger partial charge in [-0.05, 0) is 12.8 Å². The highest BCUT2D eigenvalue weighted by Crippen LogP contribution is 2.39. The molecule has 0 unspecified atom stereocenters. The van der Waals surface area contributed by atoms with Crippen molar-refractivity contribution in [3.05, 3.63) is 35.7 Å². The Morgan fingerprint density at radius 2 is 1.48 bits per heavy atom. The van der Waals surface area contributed by atoms with Crippen molar-refractivity contribution >= 4 is 75.6 Å². The van der Waals surface area contributed by atoms with Crippen molar-refractivity contribution < 1.29 is 0 Å². The van der Waals surface area contributed by atoms with E-state index in [2.05, 4.69) is 20.3 Å². The van der Waals surface area contributed by atoms with E-state index in [-0.39, 0.29) is 17.3 Å². The van der Waals surface area contributed by atoms with Crippen molar-refractivity contribution in [3.63, 3.8) is 0 Å². The van der Waals surface area contributed by atoms with Crippen LogP contribution in [-0.2, 0) is 7.59 Å². The second kappa shape index (κ2) is 9.07. The van der Waals surface area contributed by atoms with Gasteiger partial charge >= 0.3 is 0 Å². The van der Waals surface area contributed by atoms with Gasteiger partial charge in [0.2, 0.25) is 13.5 Å². The van der Waals surface area contributed by atoms with Gasteiger partial charge in [-0.1, -0.05) is 113 Å². The third-order valence-corrected chi connectivity index (χ3v) is 5.97. The summed E-state index contributed by atoms with van der Waals surface area (Å²) in [6.45, 7) is 0.516. The van der Waals surface area contributed by atoms with Gasteiger partial charge in [0, 0.05) is 23.2 Å². The van der Waals surface area contributed by atoms with Gasteiger partial charge < -0.3 is 11.1 Å². The molecule has 1 aromatic carbocycles. The molecule has 1 aliphatic carbocycles. The van der Waals surface area contributed by atoms with Crippen LogP contribution in [0.25, 0.3) is 11.4 Å². The third-order valence-electron chi connectivity index (χ3n) is 4.81. The van der Waals surface area contributed by atoms with E-state index < -0.39 is 7.59 Å². The summed E-state index contributed by atoms with van der Waals surface area (Å²) in [7, 11) is 0. The molecule has 0 saturated heterocycles. The standard InChI is InChI=1S/C18H19Cl6N5/c19-17(20,21)12-6-4-11(5-7-12)13-27-14(18(22,23)24)29-15(28-13)26-10-16(25)8-2-1-3-9-16/h4-7H,1-3,8-10,25H2,(H,26,27,28,29). The van der Waals surface area contributed by atoms with Gasteiger partial charge in [0.15, 0.2) is 11.6 Å². The van der Waals surface area contributed by atoms with Crippen LogP contribution in [0, 0.1) is 0 Å². The third kappa shape index (κ3) is 6.36. The highest BCUT2D eigenvalue weighted by atomic mass is 35.6. The lowest BCUT2D eigenvalue weighted by Crippen LogP contribution is -2.47. The number of aromatic nitrogens is 3. The Morgan fingerprint density at radius 1 is 0.862 bits per heavy atom. The van der Waals surface area contributed by atoms with E-state index in [0.717, 1.165) is 25.7 Å². The lowest BCUT2D eigenvalue weighted by molar-refractivity contribution is 0.310. The Hall–Kier alpha value is -0.270. The molecule has 0 aliphatic heterocycles. The Kier molecular flexibility index (Phi) is 7.32. The minimum absolute atomic E-state index is 0.00942. The van der Waals surface area contributed by atoms with Gasteiger partial charge in [-0.25, -0.2) is 4.98 Å². The quantitative estimate of drug-likeness (QED) is 0.468. The fourth-order valence-corrected chi connectivity index (χ4v) is 3.84. The molecular formula is C18H19Cl6N5. The maximum atomic E-state index is 6.49. The van der Waals surface area contributed by atoms with Crippen LogP contribution >= 0.6 is 69.6 Å². The Morgan fingerprint density at radius 3 is 2.03 bits per heavy atom. The highest BCUT2D eigenvalue weighted by molar-refractivity contribution is 6.67. The summed E-state index contributed by atoms with van der Waals surface area (Å²) in [5, 5.41) is 3.19. The van der Waals surface area contributed by atoms with E-state index in [4.69, 9.17) is 75.3 Å². The zero-order chi connectivity index (χ0) is 21.3. The second-order valence-corrected chi connectivity index (χ2v) is 11.7. The Bertz CT molecular complexity index is 841. The average Bonchev–Trinajstić information content (AvgIpc) is 2.66. The van der Waals surface area contributed by atoms with Crippen LogP contribution in [0.1, 0.15) is 43.5 Å². The molecule has 0 bridgehead atoms. The number of rotatable bonds is 4. The highest BCUT2D eigenvalue weighted by Gasteiger charge is 2.30. The largest absolute Gasteiger partial charge is 0.352 e. The molecule has 0 spiro atoms. The number of anilines is 1. The number of hydrogen-bond donors (Lipinski definition) is 2. The van der Waals surface area contributed by atoms with Gasteiger partial charge in [0.25, 0.3) is 0 Å². The summed E-state index contributed by atoms with van der Waals surface area (Å²) < 4.78 is -3.33. The fourth-order valence-electron chi connectivity index (χ4n) is 3.21. The summed E-state index contributed by atoms with van der Waals surface area (Å²) >= 11 is 35.8. The second-order valence-electron chi connectivity index (χ2n) is 7.16. The molecule has 3 N–H and O–H groups in total. The zero-order valence-electron chi connectivity index (χ0n) is 15.2. The maximum Gasteiger partial charge on any atom is 0.250 e. The summed E-state index contributed by atoms with van der Waals surface area (Å²) in [6, 6.07) is 6.80. The minimum atomic E-state index is -1.81. The number of nitrogens with two attached hydrogens (primary N) is 1. The number of halogens is 6. The molecule has 5 nitrogen and oxygen atoms in total. The van der Waals surface area contributed by atoms with Crippen LogP contribution in [0.3, 0.4) is 0 Å². The van der Waals surface area contributed by atoms with Crippen molar-refractivity contribution in [1.29, 1.82) is 0 Å². The Balaban J connectivity index is 1.89. The van der Waals surface area contributed by atoms with Gasteiger partial charge in [-0.3, -0.25) is 0 Å². The summed E-state index contributed by atoms with van der Waals surface area (Å²) in [6.07, 6.45) is 5.29. The predicted octanol–water partition coefficient (Wildman–Crippen LogP) is 6.27. The van der Waals surface area contributed by atoms with Crippen LogP contribution < -0.4 is 11.1 Å². The normalized spacial score (nSPS) is 17.2. The topological polar surface area (TPSA) is 76.7 Å². The van der Waals surface area contributed by atoms with Crippen molar-refractivity contribution in [2.75, 3.05) is 11.9 Å². The molecule has 0 atom stereocenters. The SMILES string of the molecule is NC1(CNc2nc(-c3ccc(C(Cl)(Cl)Cl)cc3)nc(C(Cl)(Cl)Cl)n2)CCCCC1. The van der Waals surface area contributed by atoms with E-state index in [1.165, 1.54) is 6.42 Å². The summed E-state index contributed by atoms with van der Waals surface area (Å²) in [5.41, 5.74) is 7.35. The Labute approximate surface area is 199 Å². The van der Waals surface area contributed by atoms with E-state index >= 15 is 0 Å². The van der Waals surface area contributed by atoms with Crippen LogP contribution in [0.2, 0.25) is 0 Å². The number of nitrogens with zero attached hydrogens (tertiary/aromatic N) is 3. The maximum absolute atomic E-state index is 6.49. The molecule has 29 heavy (non-hydrogen) atoms. The van der Waals surface area contributed by atoms with E-state index in [1.54, 1.807) is 24.3 Å². The molecule has 1 aliphatic rings. The first kappa shape index (κ1) is 23.4. The summed E-state index contributed by atoms with van der Waals surface area (Å²) in [4.78, 5) is 13.0. The van der Waals surface area contributed by atoms with E-state index in [1.807, 2.05) is 0 Å². The number of benzene rings is 1. The molecule has 0 amide bonds. The molecule has 1 aromatic heterocycles. The monoisotopic (exact) mass is 515 g/mol. The number of nitrogens with one attached hydrogen (secondary N) is 1. The minimum Gasteiger partial charge on any atom is -0.352 e. The fraction of sp³-hybridized carbons (Fsp3) is 0.500. The van der Waals surface area contributed by atoms with Crippen molar-refractivity contribution in [3.8, 4) is 11.4 Å². The lowest BCUT2D eigenvalue weighted by atomic mass is 9.82. The zero-order valence-corrected chi connectivity index (χ0v) is 19.8. The van der Waals surface area contributed by atoms with Crippen LogP contribution in [0.4, 0.5) is 5.95 Å². The van der Waals surface area contributed by atoms with Gasteiger partial charge in [-0.2, -0.15) is 9.97 Å². The molecule has 158 valence electrons. The molecule has 1 saturated carbocycles. The van der Waals surface area contributed by atoms with E-state index in [0.29, 0.717) is 23.5 Å². The predicted molar refractivity (Wildman–Crippen MR) is 122 cm³/mol. The number of hydrogen-bond acceptors (Lipinski definition) is 5. The van der Waals surface area contributed by atoms with Crippen molar-refractivity contribution in [2.24, 2.45) is 5.73 Å². The molecule has 3 rings (SSSR count). The van der Waals surface area contributed by atoms with Crippen LogP contribution in [0.15, 0.2) is 24.3 Å². The van der Waals surface area contributed by atoms with Gasteiger partial charge in [0.05, 0.1) is 0 Å².